The van der Waals surface area contributed by atoms with Crippen molar-refractivity contribution in [3.63, 3.8) is 0 Å². The van der Waals surface area contributed by atoms with E-state index in [0.717, 1.165) is 0 Å². The fraction of sp³-hybridized carbons (Fsp3) is 1.00. The Morgan fingerprint density at radius 1 is 1.20 bits per heavy atom. The summed E-state index contributed by atoms with van der Waals surface area (Å²) in [4.78, 5) is 0. The van der Waals surface area contributed by atoms with Gasteiger partial charge in [-0.2, -0.15) is 0 Å². The predicted octanol–water partition coefficient (Wildman–Crippen LogP) is -0.179. The van der Waals surface area contributed by atoms with Crippen molar-refractivity contribution in [1.82, 2.24) is 0 Å². The molecule has 0 aliphatic heterocycles. The molecule has 5 heavy (non-hydrogen) atoms. The molecule has 0 rings (SSSR count). The van der Waals surface area contributed by atoms with Gasteiger partial charge in [-0.1, -0.05) is 13.8 Å². The van der Waals surface area contributed by atoms with E-state index in [1.165, 1.54) is 0 Å². The van der Waals surface area contributed by atoms with Crippen LogP contribution in [0.25, 0.3) is 0 Å². The molecular weight excluding hydrogens is 88.1 g/mol. The zero-order valence-corrected chi connectivity index (χ0v) is 4.32. The summed E-state index contributed by atoms with van der Waals surface area (Å²) < 4.78 is 16.8. The molecule has 0 saturated carbocycles. The average Bonchev–Trinajstić information content (AvgIpc) is 1.46. The minimum Gasteiger partial charge on any atom is -0.235 e. The van der Waals surface area contributed by atoms with E-state index in [2.05, 4.69) is 0 Å². The third kappa shape index (κ3) is 6010. The summed E-state index contributed by atoms with van der Waals surface area (Å²) in [6.07, 6.45) is 0. The molecule has 0 aromatic rings. The van der Waals surface area contributed by atoms with Gasteiger partial charge in [0.25, 0.3) is 0 Å². The largest absolute Gasteiger partial charge is 0.235 e. The molecule has 0 aliphatic rings. The summed E-state index contributed by atoms with van der Waals surface area (Å²) in [6, 6.07) is 0. The summed E-state index contributed by atoms with van der Waals surface area (Å²) in [5.41, 5.74) is 0. The second-order valence-corrected chi connectivity index (χ2v) is 0.250. The monoisotopic (exact) mass is 96.0 g/mol. The van der Waals surface area contributed by atoms with Crippen molar-refractivity contribution < 1.29 is 8.42 Å². The van der Waals surface area contributed by atoms with Gasteiger partial charge in [0.2, 0.25) is 0 Å². The van der Waals surface area contributed by atoms with Gasteiger partial charge < -0.3 is 0 Å². The van der Waals surface area contributed by atoms with E-state index in [1.54, 1.807) is 0 Å². The van der Waals surface area contributed by atoms with E-state index in [4.69, 9.17) is 8.42 Å². The lowest BCUT2D eigenvalue weighted by Crippen LogP contribution is -1.18. The highest BCUT2D eigenvalue weighted by Gasteiger charge is 0.964. The number of hydrogen-bond donors (Lipinski definition) is 0. The Morgan fingerprint density at radius 2 is 1.20 bits per heavy atom. The number of hydrogen-bond acceptors (Lipinski definition) is 2. The van der Waals surface area contributed by atoms with Crippen LogP contribution in [0.2, 0.25) is 0 Å². The molecule has 2 nitrogen and oxygen atoms in total. The molecule has 0 heterocycles. The molecule has 0 N–H and O–H groups in total. The van der Waals surface area contributed by atoms with Crippen molar-refractivity contribution in [3.8, 4) is 0 Å². The highest BCUT2D eigenvalue weighted by molar-refractivity contribution is 7.51. The van der Waals surface area contributed by atoms with Crippen LogP contribution < -0.4 is 0 Å². The molecule has 0 saturated heterocycles. The third-order valence-electron chi connectivity index (χ3n) is 0. The molecule has 34 valence electrons. The standard InChI is InChI=1S/C2H6.H2O2S/c1-2;1-3-2/h1-2H3;3H2. The highest BCUT2D eigenvalue weighted by atomic mass is 32.1. The Hall–Kier alpha value is -0.0500. The second kappa shape index (κ2) is 38.1. The van der Waals surface area contributed by atoms with Crippen LogP contribution in [0, 0.1) is 0 Å². The van der Waals surface area contributed by atoms with Crippen LogP contribution in [0.5, 0.6) is 0 Å². The first-order valence-electron chi connectivity index (χ1n) is 1.41. The van der Waals surface area contributed by atoms with Crippen LogP contribution in [0.15, 0.2) is 0 Å². The zero-order valence-electron chi connectivity index (χ0n) is 3.32. The van der Waals surface area contributed by atoms with Gasteiger partial charge in [-0.25, -0.2) is 8.42 Å². The molecule has 0 aliphatic carbocycles. The van der Waals surface area contributed by atoms with Gasteiger partial charge in [-0.15, -0.1) is 0 Å². The van der Waals surface area contributed by atoms with E-state index in [0.29, 0.717) is 0 Å². The van der Waals surface area contributed by atoms with Crippen molar-refractivity contribution in [2.45, 2.75) is 13.8 Å². The first-order chi connectivity index (χ1) is 2.41. The summed E-state index contributed by atoms with van der Waals surface area (Å²) in [6.45, 7) is 4.00. The summed E-state index contributed by atoms with van der Waals surface area (Å²) in [7, 11) is 0. The van der Waals surface area contributed by atoms with Crippen molar-refractivity contribution in [3.05, 3.63) is 0 Å². The van der Waals surface area contributed by atoms with Crippen molar-refractivity contribution in [1.29, 1.82) is 0 Å². The fourth-order valence-corrected chi connectivity index (χ4v) is 0. The van der Waals surface area contributed by atoms with Crippen LogP contribution in [0.3, 0.4) is 0 Å². The van der Waals surface area contributed by atoms with Crippen molar-refractivity contribution in [2.24, 2.45) is 0 Å². The lowest BCUT2D eigenvalue weighted by Gasteiger charge is -1.07. The molecule has 0 fully saturated rings. The molecule has 0 spiro atoms. The fourth-order valence-electron chi connectivity index (χ4n) is 0. The van der Waals surface area contributed by atoms with Crippen LogP contribution in [-0.2, 0) is 11.6 Å². The van der Waals surface area contributed by atoms with E-state index < -0.39 is 11.6 Å². The first kappa shape index (κ1) is 8.87. The topological polar surface area (TPSA) is 34.1 Å². The quantitative estimate of drug-likeness (QED) is 0.419. The summed E-state index contributed by atoms with van der Waals surface area (Å²) in [5.74, 6) is 0. The lowest BCUT2D eigenvalue weighted by molar-refractivity contribution is 0.630. The van der Waals surface area contributed by atoms with Gasteiger partial charge in [0, 0.05) is 0 Å². The van der Waals surface area contributed by atoms with Gasteiger partial charge in [0.15, 0.2) is 0 Å². The van der Waals surface area contributed by atoms with Crippen molar-refractivity contribution >= 4 is 11.6 Å². The maximum absolute atomic E-state index is 8.40. The van der Waals surface area contributed by atoms with Gasteiger partial charge in [0.1, 0.15) is 11.6 Å². The van der Waals surface area contributed by atoms with Crippen LogP contribution >= 0.6 is 0 Å². The molecule has 0 aromatic heterocycles. The Labute approximate surface area is 34.8 Å². The van der Waals surface area contributed by atoms with Gasteiger partial charge in [0.05, 0.1) is 0 Å². The number of rotatable bonds is 0. The molecule has 0 bridgehead atoms. The Balaban J connectivity index is 0. The maximum atomic E-state index is 8.40. The molecule has 0 amide bonds. The minimum absolute atomic E-state index is 1.42. The second-order valence-electron chi connectivity index (χ2n) is 0.0833. The molecular formula is C2H8O2S. The molecule has 0 unspecified atom stereocenters. The Morgan fingerprint density at radius 3 is 1.20 bits per heavy atom. The highest BCUT2D eigenvalue weighted by Crippen LogP contribution is 1.14. The average molecular weight is 96.2 g/mol. The van der Waals surface area contributed by atoms with E-state index in [1.807, 2.05) is 13.8 Å². The normalized spacial score (nSPS) is 4.40. The van der Waals surface area contributed by atoms with Gasteiger partial charge >= 0.3 is 0 Å². The molecule has 0 aromatic carbocycles. The predicted molar refractivity (Wildman–Crippen MR) is 23.1 cm³/mol. The maximum Gasteiger partial charge on any atom is 0.129 e. The molecule has 0 radical (unpaired) electrons. The zero-order chi connectivity index (χ0) is 4.71. The smallest absolute Gasteiger partial charge is 0.129 e. The van der Waals surface area contributed by atoms with Crippen LogP contribution in [0.4, 0.5) is 0 Å². The van der Waals surface area contributed by atoms with Gasteiger partial charge in [-0.05, 0) is 0 Å². The van der Waals surface area contributed by atoms with Crippen LogP contribution in [0.1, 0.15) is 13.8 Å². The lowest BCUT2D eigenvalue weighted by atomic mass is 11.0. The SMILES string of the molecule is CC.O=[SH2]=O. The van der Waals surface area contributed by atoms with Gasteiger partial charge in [-0.3, -0.25) is 0 Å². The summed E-state index contributed by atoms with van der Waals surface area (Å²) >= 11 is -1.42. The third-order valence-corrected chi connectivity index (χ3v) is 0. The summed E-state index contributed by atoms with van der Waals surface area (Å²) in [5, 5.41) is 0. The molecule has 0 atom stereocenters. The van der Waals surface area contributed by atoms with Crippen molar-refractivity contribution in [2.75, 3.05) is 0 Å². The van der Waals surface area contributed by atoms with E-state index >= 15 is 0 Å². The van der Waals surface area contributed by atoms with Crippen LogP contribution in [-0.4, -0.2) is 8.42 Å². The Bertz CT molecular complexity index is 28.6. The molecule has 3 heteroatoms. The minimum atomic E-state index is -1.42. The van der Waals surface area contributed by atoms with E-state index in [9.17, 15) is 0 Å². The first-order valence-corrected chi connectivity index (χ1v) is 2.22. The Kier molecular flexibility index (Phi) is 67.6. The van der Waals surface area contributed by atoms with E-state index in [-0.39, 0.29) is 0 Å².